The third-order valence-electron chi connectivity index (χ3n) is 4.89. The fourth-order valence-electron chi connectivity index (χ4n) is 3.28. The van der Waals surface area contributed by atoms with Gasteiger partial charge in [0.15, 0.2) is 0 Å². The van der Waals surface area contributed by atoms with Gasteiger partial charge in [-0.25, -0.2) is 4.79 Å². The number of nitrogens with zero attached hydrogens (tertiary/aromatic N) is 1. The van der Waals surface area contributed by atoms with Crippen molar-refractivity contribution in [3.8, 4) is 0 Å². The summed E-state index contributed by atoms with van der Waals surface area (Å²) < 4.78 is 5.30. The van der Waals surface area contributed by atoms with Crippen molar-refractivity contribution < 1.29 is 19.1 Å². The summed E-state index contributed by atoms with van der Waals surface area (Å²) >= 11 is 0. The normalized spacial score (nSPS) is 20.9. The fraction of sp³-hybridized carbons (Fsp3) is 0.526. The summed E-state index contributed by atoms with van der Waals surface area (Å²) in [6.07, 6.45) is 2.46. The van der Waals surface area contributed by atoms with Crippen molar-refractivity contribution >= 4 is 17.8 Å². The molecule has 0 saturated carbocycles. The molecule has 0 radical (unpaired) electrons. The van der Waals surface area contributed by atoms with Gasteiger partial charge in [-0.3, -0.25) is 14.5 Å². The summed E-state index contributed by atoms with van der Waals surface area (Å²) in [5, 5.41) is 5.49. The summed E-state index contributed by atoms with van der Waals surface area (Å²) in [6.45, 7) is 2.37. The highest BCUT2D eigenvalue weighted by atomic mass is 16.5. The van der Waals surface area contributed by atoms with Gasteiger partial charge in [0.05, 0.1) is 6.42 Å². The van der Waals surface area contributed by atoms with Crippen LogP contribution in [0.5, 0.6) is 0 Å². The molecule has 1 aromatic carbocycles. The molecular formula is C19H25N3O4. The third kappa shape index (κ3) is 4.82. The number of imide groups is 1. The van der Waals surface area contributed by atoms with Crippen LogP contribution in [0, 0.1) is 5.92 Å². The Kier molecular flexibility index (Phi) is 6.22. The minimum absolute atomic E-state index is 0.0182. The molecule has 2 heterocycles. The van der Waals surface area contributed by atoms with Gasteiger partial charge in [-0.15, -0.1) is 0 Å². The standard InChI is InChI=1S/C19H25N3O4/c23-17(20-13-15-7-10-26-11-8-15)12-16-18(24)22(19(25)21-16)9-6-14-4-2-1-3-5-14/h1-5,15-16H,6-13H2,(H,20,23)(H,21,25). The van der Waals surface area contributed by atoms with Crippen molar-refractivity contribution in [2.45, 2.75) is 31.7 Å². The lowest BCUT2D eigenvalue weighted by Gasteiger charge is -2.22. The first-order valence-corrected chi connectivity index (χ1v) is 9.13. The molecule has 0 aliphatic carbocycles. The van der Waals surface area contributed by atoms with Gasteiger partial charge in [0.25, 0.3) is 5.91 Å². The Labute approximate surface area is 153 Å². The van der Waals surface area contributed by atoms with Gasteiger partial charge in [-0.2, -0.15) is 0 Å². The average Bonchev–Trinajstić information content (AvgIpc) is 2.93. The monoisotopic (exact) mass is 359 g/mol. The van der Waals surface area contributed by atoms with E-state index in [0.717, 1.165) is 31.6 Å². The van der Waals surface area contributed by atoms with E-state index in [1.54, 1.807) is 0 Å². The van der Waals surface area contributed by atoms with E-state index >= 15 is 0 Å². The number of amides is 4. The molecule has 2 aliphatic rings. The zero-order chi connectivity index (χ0) is 18.4. The molecule has 0 aromatic heterocycles. The van der Waals surface area contributed by atoms with E-state index in [2.05, 4.69) is 10.6 Å². The van der Waals surface area contributed by atoms with Crippen molar-refractivity contribution in [1.29, 1.82) is 0 Å². The summed E-state index contributed by atoms with van der Waals surface area (Å²) in [6, 6.07) is 8.49. The SMILES string of the molecule is O=C(CC1NC(=O)N(CCc2ccccc2)C1=O)NCC1CCOCC1. The Morgan fingerprint density at radius 1 is 1.19 bits per heavy atom. The Morgan fingerprint density at radius 3 is 2.65 bits per heavy atom. The van der Waals surface area contributed by atoms with Gasteiger partial charge >= 0.3 is 6.03 Å². The van der Waals surface area contributed by atoms with Crippen molar-refractivity contribution in [2.24, 2.45) is 5.92 Å². The number of hydrogen-bond donors (Lipinski definition) is 2. The van der Waals surface area contributed by atoms with Gasteiger partial charge < -0.3 is 15.4 Å². The van der Waals surface area contributed by atoms with E-state index < -0.39 is 12.1 Å². The molecule has 1 unspecified atom stereocenters. The first-order valence-electron chi connectivity index (χ1n) is 9.13. The molecule has 26 heavy (non-hydrogen) atoms. The van der Waals surface area contributed by atoms with Crippen LogP contribution in [0.2, 0.25) is 0 Å². The maximum atomic E-state index is 12.4. The van der Waals surface area contributed by atoms with Crippen LogP contribution in [0.25, 0.3) is 0 Å². The van der Waals surface area contributed by atoms with Crippen molar-refractivity contribution in [2.75, 3.05) is 26.3 Å². The summed E-state index contributed by atoms with van der Waals surface area (Å²) in [5.41, 5.74) is 1.06. The lowest BCUT2D eigenvalue weighted by molar-refractivity contribution is -0.130. The molecule has 140 valence electrons. The molecule has 2 fully saturated rings. The van der Waals surface area contributed by atoms with Crippen LogP contribution in [0.15, 0.2) is 30.3 Å². The maximum Gasteiger partial charge on any atom is 0.324 e. The Morgan fingerprint density at radius 2 is 1.92 bits per heavy atom. The highest BCUT2D eigenvalue weighted by molar-refractivity contribution is 6.05. The lowest BCUT2D eigenvalue weighted by atomic mass is 10.0. The Bertz CT molecular complexity index is 643. The number of urea groups is 1. The fourth-order valence-corrected chi connectivity index (χ4v) is 3.28. The van der Waals surface area contributed by atoms with Gasteiger partial charge in [0.2, 0.25) is 5.91 Å². The van der Waals surface area contributed by atoms with Gasteiger partial charge in [-0.05, 0) is 30.7 Å². The quantitative estimate of drug-likeness (QED) is 0.713. The molecule has 2 aliphatic heterocycles. The number of rotatable bonds is 7. The highest BCUT2D eigenvalue weighted by Crippen LogP contribution is 2.14. The Hall–Kier alpha value is -2.41. The molecule has 7 nitrogen and oxygen atoms in total. The smallest absolute Gasteiger partial charge is 0.324 e. The van der Waals surface area contributed by atoms with Crippen molar-refractivity contribution in [3.63, 3.8) is 0 Å². The third-order valence-corrected chi connectivity index (χ3v) is 4.89. The number of ether oxygens (including phenoxy) is 1. The van der Waals surface area contributed by atoms with E-state index in [9.17, 15) is 14.4 Å². The van der Waals surface area contributed by atoms with Gasteiger partial charge in [-0.1, -0.05) is 30.3 Å². The van der Waals surface area contributed by atoms with Crippen molar-refractivity contribution in [3.05, 3.63) is 35.9 Å². The predicted octanol–water partition coefficient (Wildman–Crippen LogP) is 1.08. The van der Waals surface area contributed by atoms with Crippen LogP contribution in [0.1, 0.15) is 24.8 Å². The number of benzene rings is 1. The maximum absolute atomic E-state index is 12.4. The second-order valence-electron chi connectivity index (χ2n) is 6.79. The first-order chi connectivity index (χ1) is 12.6. The molecule has 1 atom stereocenters. The van der Waals surface area contributed by atoms with Gasteiger partial charge in [0, 0.05) is 26.3 Å². The van der Waals surface area contributed by atoms with E-state index in [1.165, 1.54) is 4.90 Å². The molecule has 2 saturated heterocycles. The van der Waals surface area contributed by atoms with E-state index in [-0.39, 0.29) is 18.2 Å². The first kappa shape index (κ1) is 18.4. The molecule has 4 amide bonds. The number of carbonyl (C=O) groups excluding carboxylic acids is 3. The van der Waals surface area contributed by atoms with E-state index in [1.807, 2.05) is 30.3 Å². The predicted molar refractivity (Wildman–Crippen MR) is 95.3 cm³/mol. The minimum atomic E-state index is -0.770. The minimum Gasteiger partial charge on any atom is -0.381 e. The molecule has 0 spiro atoms. The second kappa shape index (κ2) is 8.80. The molecule has 2 N–H and O–H groups in total. The van der Waals surface area contributed by atoms with Crippen LogP contribution in [0.4, 0.5) is 4.79 Å². The average molecular weight is 359 g/mol. The zero-order valence-corrected chi connectivity index (χ0v) is 14.8. The zero-order valence-electron chi connectivity index (χ0n) is 14.8. The van der Waals surface area contributed by atoms with Crippen LogP contribution >= 0.6 is 0 Å². The summed E-state index contributed by atoms with van der Waals surface area (Å²) in [7, 11) is 0. The van der Waals surface area contributed by atoms with Crippen LogP contribution in [-0.2, 0) is 20.7 Å². The van der Waals surface area contributed by atoms with Crippen LogP contribution < -0.4 is 10.6 Å². The van der Waals surface area contributed by atoms with E-state index in [4.69, 9.17) is 4.74 Å². The number of carbonyl (C=O) groups is 3. The molecule has 3 rings (SSSR count). The number of hydrogen-bond acceptors (Lipinski definition) is 4. The molecule has 0 bridgehead atoms. The topological polar surface area (TPSA) is 87.7 Å². The van der Waals surface area contributed by atoms with Gasteiger partial charge in [0.1, 0.15) is 6.04 Å². The molecular weight excluding hydrogens is 334 g/mol. The van der Waals surface area contributed by atoms with Crippen LogP contribution in [0.3, 0.4) is 0 Å². The highest BCUT2D eigenvalue weighted by Gasteiger charge is 2.38. The van der Waals surface area contributed by atoms with E-state index in [0.29, 0.717) is 25.4 Å². The Balaban J connectivity index is 1.44. The summed E-state index contributed by atoms with van der Waals surface area (Å²) in [5.74, 6) is -0.115. The molecule has 1 aromatic rings. The van der Waals surface area contributed by atoms with Crippen molar-refractivity contribution in [1.82, 2.24) is 15.5 Å². The summed E-state index contributed by atoms with van der Waals surface area (Å²) in [4.78, 5) is 37.8. The lowest BCUT2D eigenvalue weighted by Crippen LogP contribution is -2.39. The molecule has 7 heteroatoms. The van der Waals surface area contributed by atoms with Crippen LogP contribution in [-0.4, -0.2) is 55.1 Å². The largest absolute Gasteiger partial charge is 0.381 e. The number of nitrogens with one attached hydrogen (secondary N) is 2. The second-order valence-corrected chi connectivity index (χ2v) is 6.79.